The first kappa shape index (κ1) is 17.3. The van der Waals surface area contributed by atoms with Gasteiger partial charge in [-0.25, -0.2) is 5.06 Å². The smallest absolute Gasteiger partial charge is 0.297 e. The van der Waals surface area contributed by atoms with Gasteiger partial charge in [0.15, 0.2) is 5.69 Å². The Morgan fingerprint density at radius 1 is 1.33 bits per heavy atom. The highest BCUT2D eigenvalue weighted by Crippen LogP contribution is 2.25. The number of amides is 2. The number of rotatable bonds is 3. The molecule has 1 aliphatic rings. The second-order valence-electron chi connectivity index (χ2n) is 6.71. The van der Waals surface area contributed by atoms with Crippen molar-refractivity contribution < 1.29 is 14.4 Å². The van der Waals surface area contributed by atoms with Gasteiger partial charge >= 0.3 is 0 Å². The highest BCUT2D eigenvalue weighted by atomic mass is 16.7. The van der Waals surface area contributed by atoms with E-state index in [2.05, 4.69) is 15.2 Å². The lowest BCUT2D eigenvalue weighted by atomic mass is 10.0. The number of nitrogens with one attached hydrogen (secondary N) is 2. The van der Waals surface area contributed by atoms with E-state index in [0.717, 1.165) is 32.8 Å². The van der Waals surface area contributed by atoms with Gasteiger partial charge in [-0.2, -0.15) is 5.10 Å². The summed E-state index contributed by atoms with van der Waals surface area (Å²) in [6.07, 6.45) is 0.622. The molecule has 0 saturated heterocycles. The van der Waals surface area contributed by atoms with Crippen molar-refractivity contribution in [2.75, 3.05) is 20.7 Å². The van der Waals surface area contributed by atoms with E-state index in [4.69, 9.17) is 4.84 Å². The van der Waals surface area contributed by atoms with Crippen LogP contribution in [0.3, 0.4) is 0 Å². The van der Waals surface area contributed by atoms with E-state index in [0.29, 0.717) is 30.9 Å². The van der Waals surface area contributed by atoms with Gasteiger partial charge in [0.05, 0.1) is 13.7 Å². The molecular weight excluding hydrogens is 346 g/mol. The summed E-state index contributed by atoms with van der Waals surface area (Å²) in [7, 11) is 2.95. The van der Waals surface area contributed by atoms with Crippen molar-refractivity contribution >= 4 is 22.7 Å². The molecule has 1 aromatic carbocycles. The second-order valence-corrected chi connectivity index (χ2v) is 6.71. The van der Waals surface area contributed by atoms with Crippen LogP contribution in [0.2, 0.25) is 0 Å². The monoisotopic (exact) mass is 367 g/mol. The lowest BCUT2D eigenvalue weighted by Gasteiger charge is -2.27. The molecule has 8 nitrogen and oxygen atoms in total. The molecule has 0 fully saturated rings. The standard InChI is InChI=1S/C19H21N5O3/c1-11-5-4-6-14-12(11)9-16(20-14)18(25)24-8-7-15-13(10-24)17(22-21-15)19(26)23(2)27-3/h4-6,9,20H,7-8,10H2,1-3H3,(H,21,22). The lowest BCUT2D eigenvalue weighted by molar-refractivity contribution is -0.0761. The van der Waals surface area contributed by atoms with Crippen LogP contribution in [0, 0.1) is 6.92 Å². The number of carbonyl (C=O) groups is 2. The number of aryl methyl sites for hydroxylation is 1. The molecule has 0 unspecified atom stereocenters. The van der Waals surface area contributed by atoms with Crippen LogP contribution >= 0.6 is 0 Å². The molecule has 4 rings (SSSR count). The molecule has 0 saturated carbocycles. The van der Waals surface area contributed by atoms with E-state index < -0.39 is 0 Å². The number of H-pyrrole nitrogens is 2. The largest absolute Gasteiger partial charge is 0.351 e. The number of benzene rings is 1. The Morgan fingerprint density at radius 3 is 2.89 bits per heavy atom. The summed E-state index contributed by atoms with van der Waals surface area (Å²) in [4.78, 5) is 35.3. The first-order valence-corrected chi connectivity index (χ1v) is 8.75. The third kappa shape index (κ3) is 2.87. The SMILES string of the molecule is CON(C)C(=O)c1n[nH]c2c1CN(C(=O)c1cc3c(C)cccc3[nH]1)CC2. The molecule has 3 aromatic rings. The maximum atomic E-state index is 13.0. The van der Waals surface area contributed by atoms with Crippen LogP contribution in [-0.4, -0.2) is 57.7 Å². The van der Waals surface area contributed by atoms with Crippen molar-refractivity contribution in [3.63, 3.8) is 0 Å². The zero-order valence-electron chi connectivity index (χ0n) is 15.5. The van der Waals surface area contributed by atoms with Gasteiger partial charge in [0, 0.05) is 42.2 Å². The van der Waals surface area contributed by atoms with Crippen LogP contribution in [0.5, 0.6) is 0 Å². The molecular formula is C19H21N5O3. The summed E-state index contributed by atoms with van der Waals surface area (Å²) in [6.45, 7) is 2.92. The molecule has 2 N–H and O–H groups in total. The molecule has 2 aromatic heterocycles. The van der Waals surface area contributed by atoms with Crippen molar-refractivity contribution in [3.05, 3.63) is 52.5 Å². The summed E-state index contributed by atoms with van der Waals surface area (Å²) >= 11 is 0. The number of hydrogen-bond acceptors (Lipinski definition) is 4. The van der Waals surface area contributed by atoms with Crippen molar-refractivity contribution in [2.45, 2.75) is 19.9 Å². The summed E-state index contributed by atoms with van der Waals surface area (Å²) < 4.78 is 0. The molecule has 0 radical (unpaired) electrons. The van der Waals surface area contributed by atoms with Crippen LogP contribution in [0.1, 0.15) is 37.8 Å². The number of hydrogen-bond donors (Lipinski definition) is 2. The topological polar surface area (TPSA) is 94.3 Å². The van der Waals surface area contributed by atoms with Crippen LogP contribution in [0.25, 0.3) is 10.9 Å². The van der Waals surface area contributed by atoms with Gasteiger partial charge in [-0.3, -0.25) is 19.5 Å². The maximum absolute atomic E-state index is 13.0. The van der Waals surface area contributed by atoms with Gasteiger partial charge < -0.3 is 9.88 Å². The lowest BCUT2D eigenvalue weighted by Crippen LogP contribution is -2.37. The molecule has 3 heterocycles. The fourth-order valence-corrected chi connectivity index (χ4v) is 3.47. The predicted molar refractivity (Wildman–Crippen MR) is 99.2 cm³/mol. The normalized spacial score (nSPS) is 13.7. The quantitative estimate of drug-likeness (QED) is 0.693. The molecule has 27 heavy (non-hydrogen) atoms. The Bertz CT molecular complexity index is 1040. The third-order valence-corrected chi connectivity index (χ3v) is 5.10. The average Bonchev–Trinajstić information content (AvgIpc) is 3.30. The Labute approximate surface area is 156 Å². The molecule has 0 bridgehead atoms. The Hall–Kier alpha value is -3.13. The fourth-order valence-electron chi connectivity index (χ4n) is 3.47. The van der Waals surface area contributed by atoms with Crippen molar-refractivity contribution in [3.8, 4) is 0 Å². The highest BCUT2D eigenvalue weighted by Gasteiger charge is 2.30. The number of hydroxylamine groups is 2. The molecule has 1 aliphatic heterocycles. The van der Waals surface area contributed by atoms with E-state index in [1.807, 2.05) is 31.2 Å². The van der Waals surface area contributed by atoms with E-state index in [1.165, 1.54) is 14.2 Å². The minimum Gasteiger partial charge on any atom is -0.351 e. The summed E-state index contributed by atoms with van der Waals surface area (Å²) in [6, 6.07) is 7.84. The van der Waals surface area contributed by atoms with Crippen molar-refractivity contribution in [1.82, 2.24) is 25.1 Å². The van der Waals surface area contributed by atoms with Crippen molar-refractivity contribution in [2.24, 2.45) is 0 Å². The number of fused-ring (bicyclic) bond motifs is 2. The van der Waals surface area contributed by atoms with Crippen LogP contribution in [0.4, 0.5) is 0 Å². The van der Waals surface area contributed by atoms with E-state index >= 15 is 0 Å². The third-order valence-electron chi connectivity index (χ3n) is 5.10. The van der Waals surface area contributed by atoms with Gasteiger partial charge in [0.25, 0.3) is 11.8 Å². The maximum Gasteiger partial charge on any atom is 0.297 e. The zero-order valence-corrected chi connectivity index (χ0v) is 15.5. The molecule has 140 valence electrons. The fraction of sp³-hybridized carbons (Fsp3) is 0.316. The van der Waals surface area contributed by atoms with Crippen LogP contribution < -0.4 is 0 Å². The Balaban J connectivity index is 1.62. The Morgan fingerprint density at radius 2 is 2.15 bits per heavy atom. The van der Waals surface area contributed by atoms with E-state index in [9.17, 15) is 9.59 Å². The summed E-state index contributed by atoms with van der Waals surface area (Å²) in [5, 5.41) is 9.22. The Kier molecular flexibility index (Phi) is 4.19. The minimum atomic E-state index is -0.342. The van der Waals surface area contributed by atoms with Gasteiger partial charge in [-0.15, -0.1) is 0 Å². The first-order valence-electron chi connectivity index (χ1n) is 8.75. The van der Waals surface area contributed by atoms with E-state index in [1.54, 1.807) is 4.90 Å². The molecule has 0 aliphatic carbocycles. The number of aromatic amines is 2. The molecule has 0 atom stereocenters. The average molecular weight is 367 g/mol. The minimum absolute atomic E-state index is 0.0871. The van der Waals surface area contributed by atoms with Gasteiger partial charge in [0.2, 0.25) is 0 Å². The van der Waals surface area contributed by atoms with Crippen LogP contribution in [0.15, 0.2) is 24.3 Å². The summed E-state index contributed by atoms with van der Waals surface area (Å²) in [5.74, 6) is -0.429. The number of nitrogens with zero attached hydrogens (tertiary/aromatic N) is 3. The zero-order chi connectivity index (χ0) is 19.1. The predicted octanol–water partition coefficient (Wildman–Crippen LogP) is 2.03. The first-order chi connectivity index (χ1) is 13.0. The second kappa shape index (κ2) is 6.55. The molecule has 8 heteroatoms. The number of aromatic nitrogens is 3. The van der Waals surface area contributed by atoms with Gasteiger partial charge in [0.1, 0.15) is 5.69 Å². The van der Waals surface area contributed by atoms with Crippen molar-refractivity contribution in [1.29, 1.82) is 0 Å². The molecule has 0 spiro atoms. The highest BCUT2D eigenvalue weighted by molar-refractivity contribution is 5.99. The van der Waals surface area contributed by atoms with Gasteiger partial charge in [-0.1, -0.05) is 12.1 Å². The van der Waals surface area contributed by atoms with Gasteiger partial charge in [-0.05, 0) is 24.6 Å². The van der Waals surface area contributed by atoms with Crippen LogP contribution in [-0.2, 0) is 17.8 Å². The summed E-state index contributed by atoms with van der Waals surface area (Å²) in [5.41, 5.74) is 4.54. The number of carbonyl (C=O) groups excluding carboxylic acids is 2. The molecule has 2 amide bonds. The van der Waals surface area contributed by atoms with E-state index in [-0.39, 0.29) is 11.8 Å².